The Morgan fingerprint density at radius 1 is 0.350 bits per heavy atom. The number of rotatable bonds is 0. The topological polar surface area (TPSA) is 0 Å². The number of benzene rings is 4. The van der Waals surface area contributed by atoms with Crippen LogP contribution in [0, 0.1) is 0 Å². The van der Waals surface area contributed by atoms with Gasteiger partial charge in [0.1, 0.15) is 0 Å². The third-order valence-corrected chi connectivity index (χ3v) is 3.39. The minimum absolute atomic E-state index is 0. The smallest absolute Gasteiger partial charge is 0 e. The molecule has 0 saturated heterocycles. The van der Waals surface area contributed by atoms with Gasteiger partial charge in [-0.3, -0.25) is 0 Å². The van der Waals surface area contributed by atoms with Crippen molar-refractivity contribution >= 4 is 183 Å². The maximum absolute atomic E-state index is 2.21. The second-order valence-corrected chi connectivity index (χ2v) is 4.29. The molecule has 0 atom stereocenters. The zero-order valence-electron chi connectivity index (χ0n) is 11.6. The van der Waals surface area contributed by atoms with E-state index in [9.17, 15) is 0 Å². The fraction of sp³-hybridized carbons (Fsp3) is 0. The fourth-order valence-electron chi connectivity index (χ4n) is 2.67. The Hall–Kier alpha value is 2.96. The van der Waals surface area contributed by atoms with Gasteiger partial charge in [0.15, 0.2) is 0 Å². The van der Waals surface area contributed by atoms with Crippen molar-refractivity contribution in [2.75, 3.05) is 0 Å². The Morgan fingerprint density at radius 2 is 0.600 bits per heavy atom. The van der Waals surface area contributed by atoms with Crippen LogP contribution in [-0.4, -0.2) is 151 Å². The van der Waals surface area contributed by atoms with E-state index in [0.29, 0.717) is 0 Å². The monoisotopic (exact) mass is 362 g/mol. The zero-order chi connectivity index (χ0) is 10.5. The number of hydrogen-bond donors (Lipinski definition) is 0. The molecule has 8 radical (unpaired) electrons. The van der Waals surface area contributed by atoms with E-state index in [0.717, 1.165) is 0 Å². The van der Waals surface area contributed by atoms with Crippen LogP contribution < -0.4 is 0 Å². The normalized spacial score (nSPS) is 9.40. The third-order valence-electron chi connectivity index (χ3n) is 3.39. The molecule has 0 spiro atoms. The molecule has 0 amide bonds. The zero-order valence-corrected chi connectivity index (χ0v) is 20.4. The predicted octanol–water partition coefficient (Wildman–Crippen LogP) is 3.06. The molecule has 0 aliphatic heterocycles. The van der Waals surface area contributed by atoms with Crippen LogP contribution >= 0.6 is 0 Å². The summed E-state index contributed by atoms with van der Waals surface area (Å²) in [4.78, 5) is 0. The fourth-order valence-corrected chi connectivity index (χ4v) is 2.67. The molecule has 0 N–H and O–H groups in total. The molecule has 0 nitrogen and oxygen atoms in total. The van der Waals surface area contributed by atoms with Gasteiger partial charge in [0, 0.05) is 151 Å². The first-order valence-corrected chi connectivity index (χ1v) is 5.56. The molecule has 4 aromatic carbocycles. The van der Waals surface area contributed by atoms with E-state index in [1.165, 1.54) is 32.3 Å². The first-order chi connectivity index (χ1) is 7.93. The van der Waals surface area contributed by atoms with Gasteiger partial charge in [-0.1, -0.05) is 60.7 Å². The van der Waals surface area contributed by atoms with Crippen molar-refractivity contribution in [3.05, 3.63) is 60.7 Å². The van der Waals surface area contributed by atoms with Crippen molar-refractivity contribution in [2.24, 2.45) is 0 Å². The van der Waals surface area contributed by atoms with Crippen LogP contribution in [0.1, 0.15) is 0 Å². The van der Waals surface area contributed by atoms with Gasteiger partial charge in [-0.05, 0) is 32.3 Å². The van der Waals surface area contributed by atoms with Gasteiger partial charge in [0.25, 0.3) is 0 Å². The van der Waals surface area contributed by atoms with Gasteiger partial charge in [0.2, 0.25) is 0 Å². The van der Waals surface area contributed by atoms with Crippen LogP contribution in [0.2, 0.25) is 0 Å². The average molecular weight is 363 g/mol. The molecule has 0 aliphatic rings. The molecule has 4 aromatic rings. The first-order valence-electron chi connectivity index (χ1n) is 5.56. The van der Waals surface area contributed by atoms with Crippen molar-refractivity contribution in [1.29, 1.82) is 0 Å². The van der Waals surface area contributed by atoms with Crippen molar-refractivity contribution < 1.29 is 0 Å². The van der Waals surface area contributed by atoms with Crippen molar-refractivity contribution in [1.82, 2.24) is 0 Å². The Kier molecular flexibility index (Phi) is 11.6. The van der Waals surface area contributed by atoms with Gasteiger partial charge in [-0.15, -0.1) is 0 Å². The molecule has 0 fully saturated rings. The van der Waals surface area contributed by atoms with E-state index in [2.05, 4.69) is 60.7 Å². The quantitative estimate of drug-likeness (QED) is 0.333. The van der Waals surface area contributed by atoms with Crippen LogP contribution in [-0.2, 0) is 0 Å². The Morgan fingerprint density at radius 3 is 0.850 bits per heavy atom. The van der Waals surface area contributed by atoms with Gasteiger partial charge in [0.05, 0.1) is 0 Å². The largest absolute Gasteiger partial charge is 0.0610 e. The van der Waals surface area contributed by atoms with Crippen LogP contribution in [0.4, 0.5) is 0 Å². The summed E-state index contributed by atoms with van der Waals surface area (Å²) in [6.45, 7) is 0. The first kappa shape index (κ1) is 23.0. The van der Waals surface area contributed by atoms with Gasteiger partial charge < -0.3 is 0 Å². The average Bonchev–Trinajstić information content (AvgIpc) is 2.36. The second-order valence-electron chi connectivity index (χ2n) is 4.29. The summed E-state index contributed by atoms with van der Waals surface area (Å²) < 4.78 is 0. The summed E-state index contributed by atoms with van der Waals surface area (Å²) in [7, 11) is 0. The summed E-state index contributed by atoms with van der Waals surface area (Å²) in [5.74, 6) is 0. The summed E-state index contributed by atoms with van der Waals surface area (Å²) in [5, 5.41) is 8.14. The molecule has 20 heavy (non-hydrogen) atoms. The van der Waals surface area contributed by atoms with Crippen LogP contribution in [0.5, 0.6) is 0 Å². The SMILES string of the molecule is [Ca].[Ca].[Ca].[Ca].c1cc2ccc3cccc4ccc(c1)c2c34. The molecular formula is C16H10Ca4. The van der Waals surface area contributed by atoms with Gasteiger partial charge in [-0.25, -0.2) is 0 Å². The summed E-state index contributed by atoms with van der Waals surface area (Å²) in [5.41, 5.74) is 0. The van der Waals surface area contributed by atoms with Crippen LogP contribution in [0.15, 0.2) is 60.7 Å². The Balaban J connectivity index is 0.000000902. The molecule has 4 heteroatoms. The van der Waals surface area contributed by atoms with Crippen LogP contribution in [0.3, 0.4) is 0 Å². The number of hydrogen-bond acceptors (Lipinski definition) is 0. The third kappa shape index (κ3) is 4.13. The minimum atomic E-state index is 0. The van der Waals surface area contributed by atoms with Crippen molar-refractivity contribution in [2.45, 2.75) is 0 Å². The molecule has 4 rings (SSSR count). The van der Waals surface area contributed by atoms with Gasteiger partial charge >= 0.3 is 0 Å². The predicted molar refractivity (Wildman–Crippen MR) is 93.2 cm³/mol. The second kappa shape index (κ2) is 10.1. The Labute approximate surface area is 238 Å². The van der Waals surface area contributed by atoms with E-state index in [1.54, 1.807) is 0 Å². The molecule has 0 heterocycles. The van der Waals surface area contributed by atoms with Crippen molar-refractivity contribution in [3.63, 3.8) is 0 Å². The van der Waals surface area contributed by atoms with E-state index >= 15 is 0 Å². The van der Waals surface area contributed by atoms with E-state index in [4.69, 9.17) is 0 Å². The van der Waals surface area contributed by atoms with E-state index in [-0.39, 0.29) is 151 Å². The summed E-state index contributed by atoms with van der Waals surface area (Å²) >= 11 is 0. The minimum Gasteiger partial charge on any atom is -0.0610 e. The van der Waals surface area contributed by atoms with E-state index < -0.39 is 0 Å². The molecule has 82 valence electrons. The molecule has 0 unspecified atom stereocenters. The molecule has 0 aromatic heterocycles. The van der Waals surface area contributed by atoms with E-state index in [1.807, 2.05) is 0 Å². The standard InChI is InChI=1S/C16H10.4Ca/c1-3-11-7-9-13-5-2-6-14-10-8-12(4-1)15(11)16(13)14;;;;/h1-10H;;;;. The summed E-state index contributed by atoms with van der Waals surface area (Å²) in [6, 6.07) is 21.9. The van der Waals surface area contributed by atoms with Crippen LogP contribution in [0.25, 0.3) is 32.3 Å². The molecule has 0 aliphatic carbocycles. The van der Waals surface area contributed by atoms with Crippen molar-refractivity contribution in [3.8, 4) is 0 Å². The van der Waals surface area contributed by atoms with Gasteiger partial charge in [-0.2, -0.15) is 0 Å². The molecular weight excluding hydrogens is 352 g/mol. The maximum atomic E-state index is 2.21. The maximum Gasteiger partial charge on any atom is 0 e. The molecule has 0 bridgehead atoms. The molecule has 0 saturated carbocycles. The Bertz CT molecular complexity index is 681. The summed E-state index contributed by atoms with van der Waals surface area (Å²) in [6.07, 6.45) is 0.